The standard InChI is InChI=1S/C18H14ClN3O2S2/c1-3-24-13-5-4-11(9-20)8-12(13)22-17(23)16-10(2)21-18(26-16)14-6-7-15(19)25-14/h4-8H,3H2,1-2H3,(H,22,23). The number of hydrogen-bond acceptors (Lipinski definition) is 6. The number of hydrogen-bond donors (Lipinski definition) is 1. The third-order valence-electron chi connectivity index (χ3n) is 3.44. The number of aryl methyl sites for hydroxylation is 1. The first kappa shape index (κ1) is 18.4. The van der Waals surface area contributed by atoms with Crippen LogP contribution in [0.3, 0.4) is 0 Å². The second-order valence-corrected chi connectivity index (χ2v) is 7.96. The van der Waals surface area contributed by atoms with E-state index in [1.54, 1.807) is 31.2 Å². The normalized spacial score (nSPS) is 10.4. The molecule has 1 N–H and O–H groups in total. The molecule has 3 aromatic rings. The van der Waals surface area contributed by atoms with Gasteiger partial charge in [0.2, 0.25) is 0 Å². The molecule has 1 aromatic carbocycles. The Balaban J connectivity index is 1.89. The molecule has 0 spiro atoms. The number of carbonyl (C=O) groups is 1. The molecule has 0 radical (unpaired) electrons. The lowest BCUT2D eigenvalue weighted by atomic mass is 10.2. The Kier molecular flexibility index (Phi) is 5.57. The molecule has 2 aromatic heterocycles. The van der Waals surface area contributed by atoms with Crippen LogP contribution >= 0.6 is 34.3 Å². The Hall–Kier alpha value is -2.40. The van der Waals surface area contributed by atoms with Crippen molar-refractivity contribution in [1.29, 1.82) is 5.26 Å². The zero-order valence-electron chi connectivity index (χ0n) is 14.0. The molecule has 0 aliphatic heterocycles. The van der Waals surface area contributed by atoms with Crippen molar-refractivity contribution in [1.82, 2.24) is 4.98 Å². The summed E-state index contributed by atoms with van der Waals surface area (Å²) < 4.78 is 6.21. The molecule has 0 bridgehead atoms. The van der Waals surface area contributed by atoms with Crippen LogP contribution in [0.5, 0.6) is 5.75 Å². The van der Waals surface area contributed by atoms with E-state index in [0.29, 0.717) is 38.5 Å². The molecule has 0 saturated heterocycles. The lowest BCUT2D eigenvalue weighted by Gasteiger charge is -2.11. The van der Waals surface area contributed by atoms with Gasteiger partial charge in [0.05, 0.1) is 38.8 Å². The Morgan fingerprint density at radius 2 is 2.15 bits per heavy atom. The summed E-state index contributed by atoms with van der Waals surface area (Å²) in [5.41, 5.74) is 1.55. The lowest BCUT2D eigenvalue weighted by molar-refractivity contribution is 0.102. The number of thiophene rings is 1. The van der Waals surface area contributed by atoms with Crippen LogP contribution in [0.25, 0.3) is 9.88 Å². The number of ether oxygens (including phenoxy) is 1. The van der Waals surface area contributed by atoms with E-state index in [2.05, 4.69) is 16.4 Å². The average Bonchev–Trinajstić information content (AvgIpc) is 3.22. The van der Waals surface area contributed by atoms with Gasteiger partial charge >= 0.3 is 0 Å². The van der Waals surface area contributed by atoms with E-state index >= 15 is 0 Å². The highest BCUT2D eigenvalue weighted by Crippen LogP contribution is 2.35. The summed E-state index contributed by atoms with van der Waals surface area (Å²) in [4.78, 5) is 18.6. The maximum absolute atomic E-state index is 12.7. The van der Waals surface area contributed by atoms with Crippen LogP contribution in [0.2, 0.25) is 4.34 Å². The van der Waals surface area contributed by atoms with Crippen LogP contribution in [0.1, 0.15) is 27.9 Å². The van der Waals surface area contributed by atoms with Crippen molar-refractivity contribution in [3.63, 3.8) is 0 Å². The zero-order chi connectivity index (χ0) is 18.7. The molecule has 5 nitrogen and oxygen atoms in total. The fourth-order valence-corrected chi connectivity index (χ4v) is 4.36. The van der Waals surface area contributed by atoms with E-state index in [0.717, 1.165) is 9.88 Å². The third kappa shape index (κ3) is 3.88. The molecule has 0 atom stereocenters. The first-order valence-corrected chi connectivity index (χ1v) is 9.74. The van der Waals surface area contributed by atoms with Gasteiger partial charge in [0.15, 0.2) is 0 Å². The largest absolute Gasteiger partial charge is 0.492 e. The van der Waals surface area contributed by atoms with Crippen molar-refractivity contribution in [3.8, 4) is 21.7 Å². The quantitative estimate of drug-likeness (QED) is 0.622. The third-order valence-corrected chi connectivity index (χ3v) is 6.00. The number of nitrogens with one attached hydrogen (secondary N) is 1. The van der Waals surface area contributed by atoms with Crippen molar-refractivity contribution in [2.75, 3.05) is 11.9 Å². The van der Waals surface area contributed by atoms with Crippen LogP contribution in [-0.4, -0.2) is 17.5 Å². The van der Waals surface area contributed by atoms with Gasteiger partial charge in [0, 0.05) is 0 Å². The van der Waals surface area contributed by atoms with E-state index in [-0.39, 0.29) is 5.91 Å². The van der Waals surface area contributed by atoms with Gasteiger partial charge in [-0.3, -0.25) is 4.79 Å². The van der Waals surface area contributed by atoms with Crippen molar-refractivity contribution in [2.45, 2.75) is 13.8 Å². The van der Waals surface area contributed by atoms with Crippen LogP contribution in [0.15, 0.2) is 30.3 Å². The molecular formula is C18H14ClN3O2S2. The van der Waals surface area contributed by atoms with Gasteiger partial charge in [-0.1, -0.05) is 11.6 Å². The van der Waals surface area contributed by atoms with Crippen LogP contribution in [0.4, 0.5) is 5.69 Å². The molecule has 26 heavy (non-hydrogen) atoms. The predicted octanol–water partition coefficient (Wildman–Crippen LogP) is 5.36. The second-order valence-electron chi connectivity index (χ2n) is 5.25. The summed E-state index contributed by atoms with van der Waals surface area (Å²) in [7, 11) is 0. The molecule has 8 heteroatoms. The molecule has 2 heterocycles. The van der Waals surface area contributed by atoms with Crippen molar-refractivity contribution < 1.29 is 9.53 Å². The molecule has 3 rings (SSSR count). The van der Waals surface area contributed by atoms with Gasteiger partial charge in [-0.25, -0.2) is 4.98 Å². The molecule has 0 saturated carbocycles. The van der Waals surface area contributed by atoms with E-state index in [9.17, 15) is 4.79 Å². The van der Waals surface area contributed by atoms with Gasteiger partial charge < -0.3 is 10.1 Å². The van der Waals surface area contributed by atoms with Gasteiger partial charge in [0.25, 0.3) is 5.91 Å². The Bertz CT molecular complexity index is 1000. The van der Waals surface area contributed by atoms with Gasteiger partial charge in [0.1, 0.15) is 15.6 Å². The number of nitriles is 1. The van der Waals surface area contributed by atoms with Gasteiger partial charge in [-0.2, -0.15) is 5.26 Å². The number of halogens is 1. The number of benzene rings is 1. The maximum Gasteiger partial charge on any atom is 0.267 e. The molecule has 0 fully saturated rings. The fraction of sp³-hybridized carbons (Fsp3) is 0.167. The number of aromatic nitrogens is 1. The monoisotopic (exact) mass is 403 g/mol. The van der Waals surface area contributed by atoms with Crippen molar-refractivity contribution >= 4 is 45.9 Å². The number of amides is 1. The molecule has 132 valence electrons. The summed E-state index contributed by atoms with van der Waals surface area (Å²) >= 11 is 8.70. The van der Waals surface area contributed by atoms with E-state index < -0.39 is 0 Å². The molecular weight excluding hydrogens is 390 g/mol. The average molecular weight is 404 g/mol. The summed E-state index contributed by atoms with van der Waals surface area (Å²) in [6, 6.07) is 10.7. The van der Waals surface area contributed by atoms with E-state index in [1.807, 2.05) is 13.0 Å². The minimum Gasteiger partial charge on any atom is -0.492 e. The maximum atomic E-state index is 12.7. The van der Waals surface area contributed by atoms with Gasteiger partial charge in [-0.05, 0) is 44.2 Å². The number of anilines is 1. The van der Waals surface area contributed by atoms with E-state index in [4.69, 9.17) is 21.6 Å². The second kappa shape index (κ2) is 7.87. The molecule has 0 unspecified atom stereocenters. The molecule has 0 aliphatic rings. The van der Waals surface area contributed by atoms with E-state index in [1.165, 1.54) is 22.7 Å². The zero-order valence-corrected chi connectivity index (χ0v) is 16.4. The smallest absolute Gasteiger partial charge is 0.267 e. The summed E-state index contributed by atoms with van der Waals surface area (Å²) in [5.74, 6) is 0.234. The first-order valence-electron chi connectivity index (χ1n) is 7.73. The number of carbonyl (C=O) groups excluding carboxylic acids is 1. The van der Waals surface area contributed by atoms with Crippen LogP contribution in [0, 0.1) is 18.3 Å². The van der Waals surface area contributed by atoms with Crippen LogP contribution < -0.4 is 10.1 Å². The first-order chi connectivity index (χ1) is 12.5. The summed E-state index contributed by atoms with van der Waals surface area (Å²) in [6.45, 7) is 4.10. The Morgan fingerprint density at radius 3 is 2.81 bits per heavy atom. The fourth-order valence-electron chi connectivity index (χ4n) is 2.30. The minimum atomic E-state index is -0.287. The summed E-state index contributed by atoms with van der Waals surface area (Å²) in [5, 5.41) is 12.7. The van der Waals surface area contributed by atoms with Crippen molar-refractivity contribution in [2.24, 2.45) is 0 Å². The summed E-state index contributed by atoms with van der Waals surface area (Å²) in [6.07, 6.45) is 0. The highest BCUT2D eigenvalue weighted by atomic mass is 35.5. The lowest BCUT2D eigenvalue weighted by Crippen LogP contribution is -2.13. The molecule has 0 aliphatic carbocycles. The Morgan fingerprint density at radius 1 is 1.35 bits per heavy atom. The van der Waals surface area contributed by atoms with Gasteiger partial charge in [-0.15, -0.1) is 22.7 Å². The predicted molar refractivity (Wildman–Crippen MR) is 105 cm³/mol. The van der Waals surface area contributed by atoms with Crippen molar-refractivity contribution in [3.05, 3.63) is 50.8 Å². The number of nitrogens with zero attached hydrogens (tertiary/aromatic N) is 2. The number of rotatable bonds is 5. The number of thiazole rings is 1. The Labute approximate surface area is 163 Å². The highest BCUT2D eigenvalue weighted by Gasteiger charge is 2.19. The van der Waals surface area contributed by atoms with Crippen LogP contribution in [-0.2, 0) is 0 Å². The minimum absolute atomic E-state index is 0.287. The topological polar surface area (TPSA) is 75.0 Å². The SMILES string of the molecule is CCOc1ccc(C#N)cc1NC(=O)c1sc(-c2ccc(Cl)s2)nc1C. The highest BCUT2D eigenvalue weighted by molar-refractivity contribution is 7.24. The molecule has 1 amide bonds.